The second-order valence-corrected chi connectivity index (χ2v) is 4.19. The van der Waals surface area contributed by atoms with Gasteiger partial charge in [-0.25, -0.2) is 0 Å². The van der Waals surface area contributed by atoms with Gasteiger partial charge in [0.2, 0.25) is 0 Å². The Hall–Kier alpha value is -0.770. The molecule has 0 bridgehead atoms. The van der Waals surface area contributed by atoms with Crippen LogP contribution in [0.4, 0.5) is 11.4 Å². The van der Waals surface area contributed by atoms with E-state index in [1.165, 1.54) is 12.8 Å². The van der Waals surface area contributed by atoms with E-state index in [0.717, 1.165) is 22.4 Å². The summed E-state index contributed by atoms with van der Waals surface area (Å²) in [5.74, 6) is 0. The van der Waals surface area contributed by atoms with Gasteiger partial charge in [0.1, 0.15) is 0 Å². The van der Waals surface area contributed by atoms with E-state index in [1.54, 1.807) is 12.4 Å². The monoisotopic (exact) mass is 257 g/mol. The van der Waals surface area contributed by atoms with Gasteiger partial charge in [0, 0.05) is 19.8 Å². The Labute approximate surface area is 93.4 Å². The molecule has 0 saturated heterocycles. The maximum atomic E-state index is 5.86. The van der Waals surface area contributed by atoms with Crippen molar-refractivity contribution in [3.05, 3.63) is 16.9 Å². The van der Waals surface area contributed by atoms with Gasteiger partial charge in [-0.3, -0.25) is 4.98 Å². The van der Waals surface area contributed by atoms with E-state index in [-0.39, 0.29) is 0 Å². The van der Waals surface area contributed by atoms with Crippen LogP contribution in [0.3, 0.4) is 0 Å². The minimum Gasteiger partial charge on any atom is -0.396 e. The number of anilines is 2. The van der Waals surface area contributed by atoms with Crippen LogP contribution in [0.5, 0.6) is 0 Å². The summed E-state index contributed by atoms with van der Waals surface area (Å²) in [6, 6.07) is 0. The standard InChI is InChI=1S/C10H16BrN3/c1-3-4-5-14(2)10-8(11)6-13-7-9(10)12/h6-7H,3-5,12H2,1-2H3. The first kappa shape index (κ1) is 11.3. The number of nitrogens with zero attached hydrogens (tertiary/aromatic N) is 2. The van der Waals surface area contributed by atoms with Crippen LogP contribution in [0, 0.1) is 0 Å². The number of aromatic nitrogens is 1. The molecule has 14 heavy (non-hydrogen) atoms. The maximum Gasteiger partial charge on any atom is 0.0773 e. The second kappa shape index (κ2) is 5.20. The molecule has 0 aliphatic rings. The van der Waals surface area contributed by atoms with Crippen molar-refractivity contribution in [1.29, 1.82) is 0 Å². The lowest BCUT2D eigenvalue weighted by Gasteiger charge is -2.21. The zero-order valence-corrected chi connectivity index (χ0v) is 10.2. The summed E-state index contributed by atoms with van der Waals surface area (Å²) in [4.78, 5) is 6.17. The molecule has 2 N–H and O–H groups in total. The van der Waals surface area contributed by atoms with Crippen LogP contribution in [-0.2, 0) is 0 Å². The summed E-state index contributed by atoms with van der Waals surface area (Å²) >= 11 is 3.46. The molecule has 78 valence electrons. The van der Waals surface area contributed by atoms with Crippen LogP contribution in [0.15, 0.2) is 16.9 Å². The Morgan fingerprint density at radius 3 is 2.79 bits per heavy atom. The van der Waals surface area contributed by atoms with Crippen molar-refractivity contribution in [1.82, 2.24) is 4.98 Å². The summed E-state index contributed by atoms with van der Waals surface area (Å²) in [5.41, 5.74) is 7.62. The van der Waals surface area contributed by atoms with Gasteiger partial charge in [-0.2, -0.15) is 0 Å². The first-order chi connectivity index (χ1) is 6.66. The van der Waals surface area contributed by atoms with Crippen molar-refractivity contribution in [2.24, 2.45) is 0 Å². The summed E-state index contributed by atoms with van der Waals surface area (Å²) in [7, 11) is 2.05. The van der Waals surface area contributed by atoms with Crippen molar-refractivity contribution in [3.8, 4) is 0 Å². The number of rotatable bonds is 4. The average Bonchev–Trinajstić information content (AvgIpc) is 2.14. The van der Waals surface area contributed by atoms with Crippen LogP contribution < -0.4 is 10.6 Å². The summed E-state index contributed by atoms with van der Waals surface area (Å²) in [6.45, 7) is 3.20. The second-order valence-electron chi connectivity index (χ2n) is 3.33. The Balaban J connectivity index is 2.82. The fraction of sp³-hybridized carbons (Fsp3) is 0.500. The van der Waals surface area contributed by atoms with E-state index in [9.17, 15) is 0 Å². The number of hydrogen-bond acceptors (Lipinski definition) is 3. The largest absolute Gasteiger partial charge is 0.396 e. The maximum absolute atomic E-state index is 5.86. The highest BCUT2D eigenvalue weighted by atomic mass is 79.9. The Morgan fingerprint density at radius 1 is 1.50 bits per heavy atom. The molecule has 0 atom stereocenters. The zero-order valence-electron chi connectivity index (χ0n) is 8.63. The number of nitrogen functional groups attached to an aromatic ring is 1. The van der Waals surface area contributed by atoms with Gasteiger partial charge in [-0.15, -0.1) is 0 Å². The molecule has 0 spiro atoms. The van der Waals surface area contributed by atoms with Crippen molar-refractivity contribution in [2.75, 3.05) is 24.2 Å². The minimum atomic E-state index is 0.720. The molecule has 1 aromatic rings. The lowest BCUT2D eigenvalue weighted by atomic mass is 10.3. The van der Waals surface area contributed by atoms with E-state index in [1.807, 2.05) is 7.05 Å². The summed E-state index contributed by atoms with van der Waals surface area (Å²) in [6.07, 6.45) is 5.81. The number of unbranched alkanes of at least 4 members (excludes halogenated alkanes) is 1. The van der Waals surface area contributed by atoms with Gasteiger partial charge in [0.15, 0.2) is 0 Å². The third-order valence-electron chi connectivity index (χ3n) is 2.13. The first-order valence-electron chi connectivity index (χ1n) is 4.77. The Bertz CT molecular complexity index is 281. The number of halogens is 1. The highest BCUT2D eigenvalue weighted by molar-refractivity contribution is 9.10. The highest BCUT2D eigenvalue weighted by Crippen LogP contribution is 2.30. The molecule has 0 saturated carbocycles. The van der Waals surface area contributed by atoms with Gasteiger partial charge in [0.05, 0.1) is 22.0 Å². The smallest absolute Gasteiger partial charge is 0.0773 e. The van der Waals surface area contributed by atoms with Crippen LogP contribution in [0.2, 0.25) is 0 Å². The van der Waals surface area contributed by atoms with Gasteiger partial charge < -0.3 is 10.6 Å². The van der Waals surface area contributed by atoms with Crippen molar-refractivity contribution in [3.63, 3.8) is 0 Å². The first-order valence-corrected chi connectivity index (χ1v) is 5.56. The van der Waals surface area contributed by atoms with Crippen LogP contribution in [0.25, 0.3) is 0 Å². The van der Waals surface area contributed by atoms with Gasteiger partial charge in [-0.1, -0.05) is 13.3 Å². The molecule has 1 heterocycles. The molecule has 0 aliphatic carbocycles. The Kier molecular flexibility index (Phi) is 4.20. The average molecular weight is 258 g/mol. The topological polar surface area (TPSA) is 42.1 Å². The lowest BCUT2D eigenvalue weighted by molar-refractivity contribution is 0.766. The molecule has 0 fully saturated rings. The predicted molar refractivity (Wildman–Crippen MR) is 64.5 cm³/mol. The van der Waals surface area contributed by atoms with Gasteiger partial charge in [0.25, 0.3) is 0 Å². The van der Waals surface area contributed by atoms with E-state index in [2.05, 4.69) is 32.7 Å². The van der Waals surface area contributed by atoms with E-state index >= 15 is 0 Å². The minimum absolute atomic E-state index is 0.720. The molecular formula is C10H16BrN3. The predicted octanol–water partition coefficient (Wildman–Crippen LogP) is 2.66. The highest BCUT2D eigenvalue weighted by Gasteiger charge is 2.08. The molecule has 0 radical (unpaired) electrons. The van der Waals surface area contributed by atoms with Crippen molar-refractivity contribution < 1.29 is 0 Å². The molecule has 0 amide bonds. The lowest BCUT2D eigenvalue weighted by Crippen LogP contribution is -2.20. The molecular weight excluding hydrogens is 242 g/mol. The van der Waals surface area contributed by atoms with E-state index in [4.69, 9.17) is 5.73 Å². The molecule has 1 aromatic heterocycles. The molecule has 0 aliphatic heterocycles. The quantitative estimate of drug-likeness (QED) is 0.902. The van der Waals surface area contributed by atoms with E-state index in [0.29, 0.717) is 0 Å². The molecule has 0 unspecified atom stereocenters. The third-order valence-corrected chi connectivity index (χ3v) is 2.71. The van der Waals surface area contributed by atoms with Crippen LogP contribution in [0.1, 0.15) is 19.8 Å². The van der Waals surface area contributed by atoms with Gasteiger partial charge in [-0.05, 0) is 22.4 Å². The number of hydrogen-bond donors (Lipinski definition) is 1. The van der Waals surface area contributed by atoms with Crippen molar-refractivity contribution >= 4 is 27.3 Å². The van der Waals surface area contributed by atoms with Crippen molar-refractivity contribution in [2.45, 2.75) is 19.8 Å². The zero-order chi connectivity index (χ0) is 10.6. The van der Waals surface area contributed by atoms with Crippen LogP contribution >= 0.6 is 15.9 Å². The fourth-order valence-electron chi connectivity index (χ4n) is 1.35. The fourth-order valence-corrected chi connectivity index (χ4v) is 2.00. The number of nitrogens with two attached hydrogens (primary N) is 1. The molecule has 0 aromatic carbocycles. The summed E-state index contributed by atoms with van der Waals surface area (Å²) in [5, 5.41) is 0. The Morgan fingerprint density at radius 2 is 2.21 bits per heavy atom. The van der Waals surface area contributed by atoms with E-state index < -0.39 is 0 Å². The number of pyridine rings is 1. The van der Waals surface area contributed by atoms with Crippen LogP contribution in [-0.4, -0.2) is 18.6 Å². The molecule has 1 rings (SSSR count). The third kappa shape index (κ3) is 2.61. The molecule has 3 nitrogen and oxygen atoms in total. The SMILES string of the molecule is CCCCN(C)c1c(N)cncc1Br. The normalized spacial score (nSPS) is 10.2. The summed E-state index contributed by atoms with van der Waals surface area (Å²) < 4.78 is 0.955. The van der Waals surface area contributed by atoms with Gasteiger partial charge >= 0.3 is 0 Å². The molecule has 4 heteroatoms.